The highest BCUT2D eigenvalue weighted by molar-refractivity contribution is 9.10. The molecule has 0 amide bonds. The highest BCUT2D eigenvalue weighted by atomic mass is 79.9. The van der Waals surface area contributed by atoms with Crippen molar-refractivity contribution in [2.45, 2.75) is 19.3 Å². The lowest BCUT2D eigenvalue weighted by molar-refractivity contribution is 0.0972. The van der Waals surface area contributed by atoms with Gasteiger partial charge >= 0.3 is 0 Å². The van der Waals surface area contributed by atoms with Crippen molar-refractivity contribution in [3.63, 3.8) is 0 Å². The molecule has 0 unspecified atom stereocenters. The minimum Gasteiger partial charge on any atom is -0.398 e. The third kappa shape index (κ3) is 1.44. The van der Waals surface area contributed by atoms with Gasteiger partial charge in [0.2, 0.25) is 0 Å². The number of carbonyl (C=O) groups excluding carboxylic acids is 1. The van der Waals surface area contributed by atoms with Crippen LogP contribution in [0.3, 0.4) is 0 Å². The van der Waals surface area contributed by atoms with Crippen molar-refractivity contribution < 1.29 is 4.79 Å². The van der Waals surface area contributed by atoms with Gasteiger partial charge in [-0.2, -0.15) is 0 Å². The number of benzene rings is 1. The Morgan fingerprint density at radius 1 is 1.43 bits per heavy atom. The predicted octanol–water partition coefficient (Wildman–Crippen LogP) is 3.20. The molecule has 0 radical (unpaired) electrons. The second-order valence-corrected chi connectivity index (χ2v) is 4.59. The van der Waals surface area contributed by atoms with E-state index in [9.17, 15) is 4.79 Å². The number of nitrogen functional groups attached to an aromatic ring is 1. The zero-order valence-corrected chi connectivity index (χ0v) is 9.78. The number of carbonyl (C=O) groups is 1. The van der Waals surface area contributed by atoms with Gasteiger partial charge < -0.3 is 5.73 Å². The van der Waals surface area contributed by atoms with Crippen molar-refractivity contribution in [1.29, 1.82) is 0 Å². The zero-order valence-electron chi connectivity index (χ0n) is 7.44. The van der Waals surface area contributed by atoms with Crippen molar-refractivity contribution in [3.05, 3.63) is 26.7 Å². The summed E-state index contributed by atoms with van der Waals surface area (Å²) in [5.74, 6) is 0.132. The van der Waals surface area contributed by atoms with Gasteiger partial charge in [0.05, 0.1) is 4.47 Å². The van der Waals surface area contributed by atoms with E-state index in [0.717, 1.165) is 18.4 Å². The Kier molecular flexibility index (Phi) is 2.54. The summed E-state index contributed by atoms with van der Waals surface area (Å²) in [6.45, 7) is 0. The topological polar surface area (TPSA) is 43.1 Å². The molecular formula is C10H9BrClNO. The quantitative estimate of drug-likeness (QED) is 0.738. The Morgan fingerprint density at radius 2 is 2.14 bits per heavy atom. The molecule has 0 aromatic heterocycles. The fourth-order valence-electron chi connectivity index (χ4n) is 1.77. The van der Waals surface area contributed by atoms with Crippen molar-refractivity contribution >= 4 is 39.0 Å². The van der Waals surface area contributed by atoms with E-state index in [1.165, 1.54) is 0 Å². The summed E-state index contributed by atoms with van der Waals surface area (Å²) < 4.78 is 0.696. The van der Waals surface area contributed by atoms with Crippen molar-refractivity contribution in [3.8, 4) is 0 Å². The number of halogens is 2. The third-order valence-electron chi connectivity index (χ3n) is 2.45. The lowest BCUT2D eigenvalue weighted by atomic mass is 9.90. The summed E-state index contributed by atoms with van der Waals surface area (Å²) in [6, 6.07) is 1.70. The van der Waals surface area contributed by atoms with Crippen LogP contribution < -0.4 is 5.73 Å². The molecule has 74 valence electrons. The Bertz CT molecular complexity index is 417. The summed E-state index contributed by atoms with van der Waals surface area (Å²) in [7, 11) is 0. The van der Waals surface area contributed by atoms with Gasteiger partial charge in [-0.3, -0.25) is 4.79 Å². The summed E-state index contributed by atoms with van der Waals surface area (Å²) >= 11 is 9.37. The van der Waals surface area contributed by atoms with Gasteiger partial charge in [0.25, 0.3) is 0 Å². The molecule has 2 N–H and O–H groups in total. The summed E-state index contributed by atoms with van der Waals surface area (Å²) in [6.07, 6.45) is 2.33. The van der Waals surface area contributed by atoms with E-state index >= 15 is 0 Å². The highest BCUT2D eigenvalue weighted by Crippen LogP contribution is 2.37. The summed E-state index contributed by atoms with van der Waals surface area (Å²) in [5, 5.41) is 0.605. The van der Waals surface area contributed by atoms with Crippen LogP contribution in [-0.4, -0.2) is 5.78 Å². The molecule has 0 aliphatic heterocycles. The van der Waals surface area contributed by atoms with Crippen LogP contribution in [0.1, 0.15) is 28.8 Å². The van der Waals surface area contributed by atoms with Crippen LogP contribution in [0.25, 0.3) is 0 Å². The van der Waals surface area contributed by atoms with Crippen molar-refractivity contribution in [1.82, 2.24) is 0 Å². The SMILES string of the molecule is Nc1cc(Cl)c2c(c1Br)C(=O)CCC2. The maximum Gasteiger partial charge on any atom is 0.164 e. The molecule has 0 heterocycles. The first-order valence-electron chi connectivity index (χ1n) is 4.41. The maximum absolute atomic E-state index is 11.7. The molecule has 1 aliphatic carbocycles. The predicted molar refractivity (Wildman–Crippen MR) is 60.8 cm³/mol. The molecule has 0 atom stereocenters. The van der Waals surface area contributed by atoms with Gasteiger partial charge in [-0.15, -0.1) is 0 Å². The lowest BCUT2D eigenvalue weighted by Crippen LogP contribution is -2.13. The highest BCUT2D eigenvalue weighted by Gasteiger charge is 2.23. The van der Waals surface area contributed by atoms with Crippen LogP contribution in [0.5, 0.6) is 0 Å². The number of Topliss-reactive ketones (excluding diaryl/α,β-unsaturated/α-hetero) is 1. The number of fused-ring (bicyclic) bond motifs is 1. The first-order valence-corrected chi connectivity index (χ1v) is 5.58. The number of anilines is 1. The first kappa shape index (κ1) is 9.99. The number of hydrogen-bond donors (Lipinski definition) is 1. The molecular weight excluding hydrogens is 265 g/mol. The molecule has 1 aliphatic rings. The third-order valence-corrected chi connectivity index (χ3v) is 3.65. The minimum absolute atomic E-state index is 0.132. The zero-order chi connectivity index (χ0) is 10.3. The minimum atomic E-state index is 0.132. The van der Waals surface area contributed by atoms with Gasteiger partial charge in [-0.25, -0.2) is 0 Å². The van der Waals surface area contributed by atoms with Gasteiger partial charge in [0.1, 0.15) is 0 Å². The molecule has 0 saturated heterocycles. The number of nitrogens with two attached hydrogens (primary N) is 1. The Labute approximate surface area is 95.6 Å². The largest absolute Gasteiger partial charge is 0.398 e. The van der Waals surface area contributed by atoms with E-state index in [-0.39, 0.29) is 5.78 Å². The molecule has 2 rings (SSSR count). The van der Waals surface area contributed by atoms with E-state index in [4.69, 9.17) is 17.3 Å². The fourth-order valence-corrected chi connectivity index (χ4v) is 2.65. The average Bonchev–Trinajstić information content (AvgIpc) is 2.14. The van der Waals surface area contributed by atoms with Crippen LogP contribution in [0.4, 0.5) is 5.69 Å². The molecule has 2 nitrogen and oxygen atoms in total. The van der Waals surface area contributed by atoms with Crippen LogP contribution in [0.15, 0.2) is 10.5 Å². The second-order valence-electron chi connectivity index (χ2n) is 3.39. The van der Waals surface area contributed by atoms with E-state index in [2.05, 4.69) is 15.9 Å². The van der Waals surface area contributed by atoms with Gasteiger partial charge in [0.15, 0.2) is 5.78 Å². The average molecular weight is 275 g/mol. The van der Waals surface area contributed by atoms with E-state index in [1.807, 2.05) is 0 Å². The van der Waals surface area contributed by atoms with Crippen LogP contribution in [0.2, 0.25) is 5.02 Å². The molecule has 0 spiro atoms. The van der Waals surface area contributed by atoms with Crippen LogP contribution >= 0.6 is 27.5 Å². The number of rotatable bonds is 0. The Morgan fingerprint density at radius 3 is 2.86 bits per heavy atom. The Hall–Kier alpha value is -0.540. The van der Waals surface area contributed by atoms with E-state index in [0.29, 0.717) is 27.2 Å². The van der Waals surface area contributed by atoms with E-state index < -0.39 is 0 Å². The van der Waals surface area contributed by atoms with Crippen LogP contribution in [-0.2, 0) is 6.42 Å². The van der Waals surface area contributed by atoms with Crippen molar-refractivity contribution in [2.75, 3.05) is 5.73 Å². The molecule has 4 heteroatoms. The molecule has 0 saturated carbocycles. The smallest absolute Gasteiger partial charge is 0.164 e. The number of ketones is 1. The van der Waals surface area contributed by atoms with Crippen molar-refractivity contribution in [2.24, 2.45) is 0 Å². The maximum atomic E-state index is 11.7. The molecule has 1 aromatic rings. The lowest BCUT2D eigenvalue weighted by Gasteiger charge is -2.18. The van der Waals surface area contributed by atoms with Gasteiger partial charge in [-0.1, -0.05) is 11.6 Å². The van der Waals surface area contributed by atoms with Gasteiger partial charge in [0, 0.05) is 22.7 Å². The van der Waals surface area contributed by atoms with Crippen LogP contribution in [0, 0.1) is 0 Å². The summed E-state index contributed by atoms with van der Waals surface area (Å²) in [4.78, 5) is 11.7. The molecule has 14 heavy (non-hydrogen) atoms. The molecule has 1 aromatic carbocycles. The molecule has 0 fully saturated rings. The molecule has 0 bridgehead atoms. The normalized spacial score (nSPS) is 15.4. The standard InChI is InChI=1S/C10H9BrClNO/c11-10-7(13)4-6(12)5-2-1-3-8(14)9(5)10/h4H,1-3,13H2. The first-order chi connectivity index (χ1) is 6.61. The fraction of sp³-hybridized carbons (Fsp3) is 0.300. The second kappa shape index (κ2) is 3.55. The van der Waals surface area contributed by atoms with Gasteiger partial charge in [-0.05, 0) is 40.4 Å². The number of hydrogen-bond acceptors (Lipinski definition) is 2. The summed E-state index contributed by atoms with van der Waals surface area (Å²) in [5.41, 5.74) is 7.87. The van der Waals surface area contributed by atoms with E-state index in [1.54, 1.807) is 6.07 Å². The Balaban J connectivity index is 2.73. The monoisotopic (exact) mass is 273 g/mol.